The highest BCUT2D eigenvalue weighted by molar-refractivity contribution is 7.99. The van der Waals surface area contributed by atoms with Crippen molar-refractivity contribution < 1.29 is 36.6 Å². The van der Waals surface area contributed by atoms with E-state index < -0.39 is 21.9 Å². The van der Waals surface area contributed by atoms with Crippen LogP contribution < -0.4 is 0 Å². The number of thioether (sulfide) groups is 1. The maximum absolute atomic E-state index is 12.7. The summed E-state index contributed by atoms with van der Waals surface area (Å²) >= 11 is 1.48. The Morgan fingerprint density at radius 3 is 2.45 bits per heavy atom. The molecule has 0 N–H and O–H groups in total. The monoisotopic (exact) mass is 467 g/mol. The number of esters is 1. The molecule has 31 heavy (non-hydrogen) atoms. The molecule has 0 radical (unpaired) electrons. The van der Waals surface area contributed by atoms with Crippen LogP contribution in [0.1, 0.15) is 34.1 Å². The maximum Gasteiger partial charge on any atom is 0.308 e. The number of hydroxylamine groups is 2. The van der Waals surface area contributed by atoms with Gasteiger partial charge in [0.25, 0.3) is 21.9 Å². The number of carbonyl (C=O) groups is 3. The van der Waals surface area contributed by atoms with Gasteiger partial charge in [-0.05, 0) is 30.5 Å². The van der Waals surface area contributed by atoms with E-state index in [1.807, 2.05) is 0 Å². The van der Waals surface area contributed by atoms with E-state index >= 15 is 0 Å². The number of nitrogens with zero attached hydrogens (tertiary/aromatic N) is 1. The molecule has 2 aromatic rings. The van der Waals surface area contributed by atoms with Crippen LogP contribution in [0.5, 0.6) is 0 Å². The van der Waals surface area contributed by atoms with Gasteiger partial charge in [0.05, 0.1) is 43.6 Å². The van der Waals surface area contributed by atoms with Crippen molar-refractivity contribution in [2.45, 2.75) is 18.2 Å². The van der Waals surface area contributed by atoms with Crippen molar-refractivity contribution in [3.8, 4) is 0 Å². The topological polar surface area (TPSA) is 116 Å². The first-order chi connectivity index (χ1) is 14.7. The number of hydrogen-bond acceptors (Lipinski definition) is 9. The van der Waals surface area contributed by atoms with Crippen molar-refractivity contribution in [2.75, 3.05) is 31.8 Å². The van der Waals surface area contributed by atoms with E-state index in [1.165, 1.54) is 17.8 Å². The molecule has 9 nitrogen and oxygen atoms in total. The van der Waals surface area contributed by atoms with E-state index in [2.05, 4.69) is 4.28 Å². The average molecular weight is 468 g/mol. The first-order valence-electron chi connectivity index (χ1n) is 9.43. The summed E-state index contributed by atoms with van der Waals surface area (Å²) in [4.78, 5) is 37.5. The molecule has 0 aliphatic carbocycles. The number of benzene rings is 2. The van der Waals surface area contributed by atoms with Crippen molar-refractivity contribution in [2.24, 2.45) is 0 Å². The van der Waals surface area contributed by atoms with E-state index in [-0.39, 0.29) is 35.2 Å². The Morgan fingerprint density at radius 1 is 1.06 bits per heavy atom. The molecule has 0 atom stereocenters. The standard InChI is InChI=1S/C20H21NO8S2/c1-3-28-17(22)9-10-27-11-12-30-16-8-7-15-18-13(16)5-4-6-14(18)19(23)21(20(15)24)29-31(2,25)26/h4-8H,3,9-12H2,1-2H3. The highest BCUT2D eigenvalue weighted by atomic mass is 32.2. The number of carbonyl (C=O) groups excluding carboxylic acids is 3. The molecule has 1 aliphatic heterocycles. The van der Waals surface area contributed by atoms with E-state index in [9.17, 15) is 22.8 Å². The third kappa shape index (κ3) is 5.42. The summed E-state index contributed by atoms with van der Waals surface area (Å²) in [5, 5.41) is 1.43. The smallest absolute Gasteiger partial charge is 0.308 e. The van der Waals surface area contributed by atoms with E-state index in [4.69, 9.17) is 9.47 Å². The Hall–Kier alpha value is -2.47. The minimum atomic E-state index is -4.06. The van der Waals surface area contributed by atoms with Crippen LogP contribution in [0.4, 0.5) is 0 Å². The molecule has 2 aromatic carbocycles. The van der Waals surface area contributed by atoms with Gasteiger partial charge in [-0.15, -0.1) is 21.1 Å². The number of imide groups is 1. The molecule has 0 fully saturated rings. The Labute approximate surface area is 183 Å². The lowest BCUT2D eigenvalue weighted by Gasteiger charge is -2.25. The van der Waals surface area contributed by atoms with Crippen molar-refractivity contribution in [3.05, 3.63) is 41.5 Å². The molecule has 0 unspecified atom stereocenters. The molecule has 0 bridgehead atoms. The van der Waals surface area contributed by atoms with Crippen LogP contribution in [0.15, 0.2) is 35.2 Å². The third-order valence-electron chi connectivity index (χ3n) is 4.28. The highest BCUT2D eigenvalue weighted by Gasteiger charge is 2.36. The van der Waals surface area contributed by atoms with Gasteiger partial charge in [-0.2, -0.15) is 8.42 Å². The summed E-state index contributed by atoms with van der Waals surface area (Å²) in [6, 6.07) is 8.25. The number of rotatable bonds is 10. The minimum absolute atomic E-state index is 0.184. The van der Waals surface area contributed by atoms with Gasteiger partial charge in [0.2, 0.25) is 0 Å². The second kappa shape index (κ2) is 9.77. The van der Waals surface area contributed by atoms with Gasteiger partial charge in [0.15, 0.2) is 0 Å². The molecule has 0 saturated heterocycles. The van der Waals surface area contributed by atoms with Gasteiger partial charge in [-0.25, -0.2) is 0 Å². The first kappa shape index (κ1) is 23.2. The predicted octanol–water partition coefficient (Wildman–Crippen LogP) is 2.39. The fraction of sp³-hybridized carbons (Fsp3) is 0.350. The van der Waals surface area contributed by atoms with Crippen LogP contribution in [0.2, 0.25) is 0 Å². The fourth-order valence-corrected chi connectivity index (χ4v) is 4.39. The molecule has 0 aromatic heterocycles. The second-order valence-electron chi connectivity index (χ2n) is 6.54. The molecular weight excluding hydrogens is 446 g/mol. The third-order valence-corrected chi connectivity index (χ3v) is 5.74. The van der Waals surface area contributed by atoms with Crippen LogP contribution in [0.25, 0.3) is 10.8 Å². The summed E-state index contributed by atoms with van der Waals surface area (Å²) in [6.45, 7) is 2.75. The predicted molar refractivity (Wildman–Crippen MR) is 113 cm³/mol. The van der Waals surface area contributed by atoms with Crippen LogP contribution in [0, 0.1) is 0 Å². The minimum Gasteiger partial charge on any atom is -0.466 e. The Bertz CT molecular complexity index is 1110. The van der Waals surface area contributed by atoms with Gasteiger partial charge in [0, 0.05) is 16.0 Å². The van der Waals surface area contributed by atoms with Crippen LogP contribution in [0.3, 0.4) is 0 Å². The lowest BCUT2D eigenvalue weighted by Crippen LogP contribution is -2.41. The maximum atomic E-state index is 12.7. The summed E-state index contributed by atoms with van der Waals surface area (Å²) in [5.74, 6) is -1.38. The average Bonchev–Trinajstić information content (AvgIpc) is 2.71. The fourth-order valence-electron chi connectivity index (χ4n) is 3.08. The van der Waals surface area contributed by atoms with Crippen LogP contribution >= 0.6 is 11.8 Å². The Balaban J connectivity index is 1.74. The van der Waals surface area contributed by atoms with Crippen molar-refractivity contribution >= 4 is 50.4 Å². The Kier molecular flexibility index (Phi) is 7.31. The lowest BCUT2D eigenvalue weighted by molar-refractivity contribution is -0.144. The summed E-state index contributed by atoms with van der Waals surface area (Å²) < 4.78 is 37.8. The molecule has 3 rings (SSSR count). The van der Waals surface area contributed by atoms with Gasteiger partial charge in [0.1, 0.15) is 0 Å². The number of amides is 2. The van der Waals surface area contributed by atoms with E-state index in [1.54, 1.807) is 31.2 Å². The van der Waals surface area contributed by atoms with Crippen molar-refractivity contribution in [1.29, 1.82) is 0 Å². The summed E-state index contributed by atoms with van der Waals surface area (Å²) in [7, 11) is -4.06. The quantitative estimate of drug-likeness (QED) is 0.225. The van der Waals surface area contributed by atoms with Crippen LogP contribution in [-0.2, 0) is 28.7 Å². The van der Waals surface area contributed by atoms with Gasteiger partial charge < -0.3 is 9.47 Å². The number of ether oxygens (including phenoxy) is 2. The van der Waals surface area contributed by atoms with Crippen molar-refractivity contribution in [1.82, 2.24) is 5.06 Å². The molecule has 2 amide bonds. The lowest BCUT2D eigenvalue weighted by atomic mass is 9.95. The molecule has 1 aliphatic rings. The van der Waals surface area contributed by atoms with E-state index in [0.717, 1.165) is 11.2 Å². The molecule has 1 heterocycles. The Morgan fingerprint density at radius 2 is 1.77 bits per heavy atom. The summed E-state index contributed by atoms with van der Waals surface area (Å²) in [5.41, 5.74) is 0.368. The summed E-state index contributed by atoms with van der Waals surface area (Å²) in [6.07, 6.45) is 0.952. The first-order valence-corrected chi connectivity index (χ1v) is 12.2. The SMILES string of the molecule is CCOC(=O)CCOCCSc1ccc2c3c(cccc13)C(=O)N(OS(C)(=O)=O)C2=O. The van der Waals surface area contributed by atoms with Crippen LogP contribution in [-0.4, -0.2) is 63.1 Å². The molecule has 0 spiro atoms. The molecular formula is C20H21NO8S2. The van der Waals surface area contributed by atoms with Gasteiger partial charge >= 0.3 is 5.97 Å². The van der Waals surface area contributed by atoms with Gasteiger partial charge in [-0.3, -0.25) is 14.4 Å². The zero-order valence-electron chi connectivity index (χ0n) is 17.0. The largest absolute Gasteiger partial charge is 0.466 e. The normalized spacial score (nSPS) is 13.7. The zero-order chi connectivity index (χ0) is 22.6. The molecule has 166 valence electrons. The molecule has 0 saturated carbocycles. The van der Waals surface area contributed by atoms with Crippen molar-refractivity contribution in [3.63, 3.8) is 0 Å². The highest BCUT2D eigenvalue weighted by Crippen LogP contribution is 2.36. The molecule has 11 heteroatoms. The second-order valence-corrected chi connectivity index (χ2v) is 9.23. The number of hydrogen-bond donors (Lipinski definition) is 0. The van der Waals surface area contributed by atoms with E-state index in [0.29, 0.717) is 29.7 Å². The van der Waals surface area contributed by atoms with Gasteiger partial charge in [-0.1, -0.05) is 12.1 Å². The zero-order valence-corrected chi connectivity index (χ0v) is 18.6.